The van der Waals surface area contributed by atoms with E-state index in [-0.39, 0.29) is 0 Å². The fourth-order valence-corrected chi connectivity index (χ4v) is 3.34. The molecule has 2 aromatic carbocycles. The Morgan fingerprint density at radius 2 is 1.76 bits per heavy atom. The molecule has 3 aromatic rings. The molecule has 1 aliphatic heterocycles. The van der Waals surface area contributed by atoms with Crippen LogP contribution in [0.3, 0.4) is 0 Å². The molecule has 0 unspecified atom stereocenters. The van der Waals surface area contributed by atoms with Gasteiger partial charge in [0.25, 0.3) is 0 Å². The summed E-state index contributed by atoms with van der Waals surface area (Å²) in [6.07, 6.45) is 5.82. The molecule has 0 aliphatic carbocycles. The number of aryl methyl sites for hydroxylation is 2. The molecule has 0 atom stereocenters. The quantitative estimate of drug-likeness (QED) is 0.678. The van der Waals surface area contributed by atoms with E-state index >= 15 is 0 Å². The summed E-state index contributed by atoms with van der Waals surface area (Å²) in [5, 5.41) is 4.59. The van der Waals surface area contributed by atoms with Gasteiger partial charge in [0.15, 0.2) is 0 Å². The van der Waals surface area contributed by atoms with E-state index in [1.807, 2.05) is 17.8 Å². The molecule has 0 fully saturated rings. The molecule has 3 nitrogen and oxygen atoms in total. The van der Waals surface area contributed by atoms with Gasteiger partial charge in [-0.15, -0.1) is 0 Å². The van der Waals surface area contributed by atoms with Gasteiger partial charge in [-0.1, -0.05) is 36.4 Å². The van der Waals surface area contributed by atoms with Crippen molar-refractivity contribution >= 4 is 5.71 Å². The van der Waals surface area contributed by atoms with Crippen LogP contribution < -0.4 is 0 Å². The zero-order valence-electron chi connectivity index (χ0n) is 14.6. The summed E-state index contributed by atoms with van der Waals surface area (Å²) in [6, 6.07) is 19.4. The van der Waals surface area contributed by atoms with Gasteiger partial charge in [0.05, 0.1) is 17.1 Å². The van der Waals surface area contributed by atoms with Crippen molar-refractivity contribution in [2.45, 2.75) is 26.7 Å². The lowest BCUT2D eigenvalue weighted by molar-refractivity contribution is 0.832. The summed E-state index contributed by atoms with van der Waals surface area (Å²) in [6.45, 7) is 4.12. The maximum absolute atomic E-state index is 4.59. The van der Waals surface area contributed by atoms with E-state index in [4.69, 9.17) is 0 Å². The van der Waals surface area contributed by atoms with Gasteiger partial charge >= 0.3 is 0 Å². The van der Waals surface area contributed by atoms with Crippen LogP contribution in [0.15, 0.2) is 71.9 Å². The summed E-state index contributed by atoms with van der Waals surface area (Å²) in [5.41, 5.74) is 8.27. The molecule has 0 spiro atoms. The van der Waals surface area contributed by atoms with Crippen LogP contribution in [-0.4, -0.2) is 15.5 Å². The summed E-state index contributed by atoms with van der Waals surface area (Å²) in [5.74, 6) is 0. The smallest absolute Gasteiger partial charge is 0.0651 e. The van der Waals surface area contributed by atoms with E-state index in [0.29, 0.717) is 0 Å². The highest BCUT2D eigenvalue weighted by Gasteiger charge is 2.08. The Hall–Kier alpha value is -2.94. The molecule has 3 heteroatoms. The molecule has 0 saturated carbocycles. The topological polar surface area (TPSA) is 30.2 Å². The lowest BCUT2D eigenvalue weighted by Crippen LogP contribution is -2.01. The Morgan fingerprint density at radius 3 is 2.48 bits per heavy atom. The van der Waals surface area contributed by atoms with Gasteiger partial charge in [-0.2, -0.15) is 5.10 Å². The van der Waals surface area contributed by atoms with Crippen LogP contribution in [0.5, 0.6) is 0 Å². The third-order valence-corrected chi connectivity index (χ3v) is 4.48. The van der Waals surface area contributed by atoms with Crippen molar-refractivity contribution < 1.29 is 0 Å². The summed E-state index contributed by atoms with van der Waals surface area (Å²) in [4.78, 5) is 4.44. The fraction of sp³-hybridized carbons (Fsp3) is 0.182. The Kier molecular flexibility index (Phi) is 4.06. The van der Waals surface area contributed by atoms with Crippen molar-refractivity contribution in [3.05, 3.63) is 95.0 Å². The first-order valence-corrected chi connectivity index (χ1v) is 8.62. The predicted molar refractivity (Wildman–Crippen MR) is 103 cm³/mol. The van der Waals surface area contributed by atoms with E-state index < -0.39 is 0 Å². The number of allylic oxidation sites excluding steroid dienone is 1. The normalized spacial score (nSPS) is 13.3. The van der Waals surface area contributed by atoms with E-state index in [2.05, 4.69) is 77.7 Å². The average molecular weight is 327 g/mol. The zero-order valence-corrected chi connectivity index (χ0v) is 14.6. The molecule has 0 amide bonds. The zero-order chi connectivity index (χ0) is 17.2. The van der Waals surface area contributed by atoms with E-state index in [1.165, 1.54) is 16.7 Å². The second-order valence-corrected chi connectivity index (χ2v) is 6.55. The third-order valence-electron chi connectivity index (χ3n) is 4.48. The summed E-state index contributed by atoms with van der Waals surface area (Å²) < 4.78 is 2.01. The Labute approximate surface area is 148 Å². The Bertz CT molecular complexity index is 976. The van der Waals surface area contributed by atoms with Crippen LogP contribution in [0.1, 0.15) is 34.5 Å². The van der Waals surface area contributed by atoms with Gasteiger partial charge in [-0.3, -0.25) is 4.99 Å². The molecule has 4 rings (SSSR count). The number of benzene rings is 2. The largest absolute Gasteiger partial charge is 0.261 e. The minimum absolute atomic E-state index is 0.904. The lowest BCUT2D eigenvalue weighted by atomic mass is 10.00. The van der Waals surface area contributed by atoms with E-state index in [9.17, 15) is 0 Å². The van der Waals surface area contributed by atoms with Gasteiger partial charge < -0.3 is 0 Å². The number of aliphatic imine (C=N–C) groups is 1. The monoisotopic (exact) mass is 327 g/mol. The third kappa shape index (κ3) is 3.31. The fourth-order valence-electron chi connectivity index (χ4n) is 3.34. The van der Waals surface area contributed by atoms with Crippen molar-refractivity contribution in [3.63, 3.8) is 0 Å². The molecular weight excluding hydrogens is 306 g/mol. The van der Waals surface area contributed by atoms with Crippen molar-refractivity contribution in [2.24, 2.45) is 4.99 Å². The Balaban J connectivity index is 1.60. The molecular formula is C22H21N3. The highest BCUT2D eigenvalue weighted by atomic mass is 15.3. The molecule has 0 N–H and O–H groups in total. The standard InChI is InChI=1S/C22H21N3/c1-16-12-17(2)25(24-16)21-9-4-7-19(15-21)13-18-6-3-8-20(14-18)22-10-5-11-23-22/h3-9,11-12,14-15H,10,13H2,1-2H3. The second-order valence-electron chi connectivity index (χ2n) is 6.55. The SMILES string of the molecule is Cc1cc(C)n(-c2cccc(Cc3cccc(C4=NC=CC4)c3)c2)n1. The van der Waals surface area contributed by atoms with Gasteiger partial charge in [0, 0.05) is 18.3 Å². The highest BCUT2D eigenvalue weighted by molar-refractivity contribution is 6.03. The first-order valence-electron chi connectivity index (χ1n) is 8.62. The number of aromatic nitrogens is 2. The van der Waals surface area contributed by atoms with Crippen molar-refractivity contribution in [2.75, 3.05) is 0 Å². The molecule has 2 heterocycles. The average Bonchev–Trinajstić information content (AvgIpc) is 3.25. The molecule has 124 valence electrons. The van der Waals surface area contributed by atoms with E-state index in [0.717, 1.165) is 35.6 Å². The van der Waals surface area contributed by atoms with Crippen LogP contribution in [0.4, 0.5) is 0 Å². The summed E-state index contributed by atoms with van der Waals surface area (Å²) in [7, 11) is 0. The Morgan fingerprint density at radius 1 is 0.960 bits per heavy atom. The van der Waals surface area contributed by atoms with Crippen LogP contribution in [-0.2, 0) is 6.42 Å². The predicted octanol–water partition coefficient (Wildman–Crippen LogP) is 4.79. The number of hydrogen-bond donors (Lipinski definition) is 0. The molecule has 25 heavy (non-hydrogen) atoms. The highest BCUT2D eigenvalue weighted by Crippen LogP contribution is 2.18. The van der Waals surface area contributed by atoms with Gasteiger partial charge in [-0.25, -0.2) is 4.68 Å². The van der Waals surface area contributed by atoms with Crippen LogP contribution in [0.25, 0.3) is 5.69 Å². The van der Waals surface area contributed by atoms with Crippen LogP contribution in [0.2, 0.25) is 0 Å². The number of nitrogens with zero attached hydrogens (tertiary/aromatic N) is 3. The minimum Gasteiger partial charge on any atom is -0.261 e. The van der Waals surface area contributed by atoms with E-state index in [1.54, 1.807) is 0 Å². The summed E-state index contributed by atoms with van der Waals surface area (Å²) >= 11 is 0. The number of rotatable bonds is 4. The first kappa shape index (κ1) is 15.6. The lowest BCUT2D eigenvalue weighted by Gasteiger charge is -2.09. The molecule has 1 aromatic heterocycles. The molecule has 0 bridgehead atoms. The second kappa shape index (κ2) is 6.52. The van der Waals surface area contributed by atoms with Crippen molar-refractivity contribution in [1.29, 1.82) is 0 Å². The van der Waals surface area contributed by atoms with Crippen molar-refractivity contribution in [3.8, 4) is 5.69 Å². The minimum atomic E-state index is 0.904. The van der Waals surface area contributed by atoms with Gasteiger partial charge in [0.2, 0.25) is 0 Å². The molecule has 0 saturated heterocycles. The number of hydrogen-bond acceptors (Lipinski definition) is 2. The van der Waals surface area contributed by atoms with Gasteiger partial charge in [0.1, 0.15) is 0 Å². The van der Waals surface area contributed by atoms with Crippen LogP contribution in [0, 0.1) is 13.8 Å². The van der Waals surface area contributed by atoms with Crippen molar-refractivity contribution in [1.82, 2.24) is 9.78 Å². The molecule has 0 radical (unpaired) electrons. The van der Waals surface area contributed by atoms with Crippen LogP contribution >= 0.6 is 0 Å². The first-order chi connectivity index (χ1) is 12.2. The maximum Gasteiger partial charge on any atom is 0.0651 e. The molecule has 1 aliphatic rings. The van der Waals surface area contributed by atoms with Gasteiger partial charge in [-0.05, 0) is 61.2 Å². The maximum atomic E-state index is 4.59.